The van der Waals surface area contributed by atoms with Crippen LogP contribution >= 0.6 is 0 Å². The Bertz CT molecular complexity index is 1370. The minimum Gasteiger partial charge on any atom is -0.506 e. The molecule has 0 saturated heterocycles. The molecular formula is C30H31NO4. The Morgan fingerprint density at radius 2 is 1.06 bits per heavy atom. The highest BCUT2D eigenvalue weighted by Gasteiger charge is 2.27. The fourth-order valence-electron chi connectivity index (χ4n) is 4.23. The van der Waals surface area contributed by atoms with Crippen molar-refractivity contribution in [1.82, 2.24) is 0 Å². The molecular weight excluding hydrogens is 438 g/mol. The zero-order valence-corrected chi connectivity index (χ0v) is 21.0. The van der Waals surface area contributed by atoms with E-state index in [-0.39, 0.29) is 17.2 Å². The molecule has 0 atom stereocenters. The molecule has 0 radical (unpaired) electrons. The van der Waals surface area contributed by atoms with Crippen LogP contribution in [0.3, 0.4) is 0 Å². The Hall–Kier alpha value is -4.12. The average molecular weight is 470 g/mol. The van der Waals surface area contributed by atoms with Gasteiger partial charge in [0.1, 0.15) is 11.5 Å². The van der Waals surface area contributed by atoms with Gasteiger partial charge in [-0.1, -0.05) is 36.4 Å². The maximum absolute atomic E-state index is 11.1. The first-order chi connectivity index (χ1) is 16.6. The van der Waals surface area contributed by atoms with Crippen LogP contribution in [0, 0.1) is 41.5 Å². The Balaban J connectivity index is 2.04. The largest absolute Gasteiger partial charge is 0.506 e. The second-order valence-electron chi connectivity index (χ2n) is 9.03. The van der Waals surface area contributed by atoms with E-state index in [1.165, 1.54) is 0 Å². The number of aromatic hydroxyl groups is 3. The summed E-state index contributed by atoms with van der Waals surface area (Å²) in [5.41, 5.74) is 6.95. The highest BCUT2D eigenvalue weighted by atomic mass is 16.5. The van der Waals surface area contributed by atoms with E-state index in [4.69, 9.17) is 4.74 Å². The number of anilines is 3. The lowest BCUT2D eigenvalue weighted by atomic mass is 10.0. The number of benzene rings is 4. The summed E-state index contributed by atoms with van der Waals surface area (Å²) in [5.74, 6) is 1.08. The molecule has 5 heteroatoms. The number of aryl methyl sites for hydroxylation is 4. The van der Waals surface area contributed by atoms with E-state index >= 15 is 0 Å². The third-order valence-electron chi connectivity index (χ3n) is 6.66. The number of phenolic OH excluding ortho intramolecular Hbond substituents is 3. The number of para-hydroxylation sites is 2. The first-order valence-electron chi connectivity index (χ1n) is 11.6. The Morgan fingerprint density at radius 1 is 0.571 bits per heavy atom. The predicted molar refractivity (Wildman–Crippen MR) is 141 cm³/mol. The molecule has 0 fully saturated rings. The topological polar surface area (TPSA) is 73.2 Å². The van der Waals surface area contributed by atoms with Gasteiger partial charge >= 0.3 is 0 Å². The fourth-order valence-corrected chi connectivity index (χ4v) is 4.23. The molecule has 0 aliphatic rings. The van der Waals surface area contributed by atoms with Crippen LogP contribution in [0.25, 0.3) is 0 Å². The van der Waals surface area contributed by atoms with Crippen molar-refractivity contribution in [3.63, 3.8) is 0 Å². The summed E-state index contributed by atoms with van der Waals surface area (Å²) in [5, 5.41) is 32.9. The highest BCUT2D eigenvalue weighted by molar-refractivity contribution is 5.89. The van der Waals surface area contributed by atoms with Gasteiger partial charge in [0, 0.05) is 0 Å². The molecule has 4 rings (SSSR count). The minimum atomic E-state index is 0.0792. The number of phenols is 3. The van der Waals surface area contributed by atoms with Crippen LogP contribution in [0.4, 0.5) is 17.1 Å². The first kappa shape index (κ1) is 24.0. The zero-order valence-electron chi connectivity index (χ0n) is 21.0. The van der Waals surface area contributed by atoms with Crippen molar-refractivity contribution in [3.05, 3.63) is 94.0 Å². The lowest BCUT2D eigenvalue weighted by Gasteiger charge is -2.32. The van der Waals surface area contributed by atoms with Crippen LogP contribution in [0.2, 0.25) is 0 Å². The number of hydrogen-bond acceptors (Lipinski definition) is 5. The Morgan fingerprint density at radius 3 is 1.63 bits per heavy atom. The molecule has 180 valence electrons. The normalized spacial score (nSPS) is 10.9. The summed E-state index contributed by atoms with van der Waals surface area (Å²) in [7, 11) is 0. The number of hydrogen-bond donors (Lipinski definition) is 3. The van der Waals surface area contributed by atoms with Gasteiger partial charge in [-0.3, -0.25) is 4.90 Å². The van der Waals surface area contributed by atoms with Crippen LogP contribution < -0.4 is 9.64 Å². The van der Waals surface area contributed by atoms with Crippen LogP contribution in [0.5, 0.6) is 28.7 Å². The van der Waals surface area contributed by atoms with Gasteiger partial charge in [0.25, 0.3) is 0 Å². The molecule has 0 aromatic heterocycles. The summed E-state index contributed by atoms with van der Waals surface area (Å²) < 4.78 is 6.34. The van der Waals surface area contributed by atoms with Crippen LogP contribution in [0.1, 0.15) is 33.4 Å². The van der Waals surface area contributed by atoms with Crippen molar-refractivity contribution in [2.24, 2.45) is 0 Å². The standard InChI is InChI=1S/C30H31NO4/c1-17-13-15-24(32)27(21(17)5)31(28-22(6)18(2)14-16-25(28)33)23-9-7-8-10-26(23)35-30-20(4)12-11-19(3)29(30)34/h7-16,32-34H,1-6H3. The molecule has 0 spiro atoms. The first-order valence-corrected chi connectivity index (χ1v) is 11.6. The van der Waals surface area contributed by atoms with E-state index in [1.54, 1.807) is 12.1 Å². The number of ether oxygens (including phenoxy) is 1. The van der Waals surface area contributed by atoms with Crippen molar-refractivity contribution < 1.29 is 20.1 Å². The highest BCUT2D eigenvalue weighted by Crippen LogP contribution is 2.51. The molecule has 0 bridgehead atoms. The quantitative estimate of drug-likeness (QED) is 0.277. The molecule has 0 saturated carbocycles. The molecule has 3 N–H and O–H groups in total. The summed E-state index contributed by atoms with van der Waals surface area (Å²) in [6.45, 7) is 11.6. The maximum Gasteiger partial charge on any atom is 0.172 e. The zero-order chi connectivity index (χ0) is 25.4. The average Bonchev–Trinajstić information content (AvgIpc) is 2.83. The second kappa shape index (κ2) is 9.26. The third kappa shape index (κ3) is 4.26. The summed E-state index contributed by atoms with van der Waals surface area (Å²) in [4.78, 5) is 1.84. The maximum atomic E-state index is 11.1. The molecule has 0 heterocycles. The van der Waals surface area contributed by atoms with E-state index in [0.29, 0.717) is 34.1 Å². The van der Waals surface area contributed by atoms with E-state index in [1.807, 2.05) is 95.0 Å². The molecule has 5 nitrogen and oxygen atoms in total. The van der Waals surface area contributed by atoms with Gasteiger partial charge in [-0.25, -0.2) is 0 Å². The monoisotopic (exact) mass is 469 g/mol. The van der Waals surface area contributed by atoms with Crippen molar-refractivity contribution in [3.8, 4) is 28.7 Å². The third-order valence-corrected chi connectivity index (χ3v) is 6.66. The SMILES string of the molecule is Cc1ccc(O)c(N(c2ccccc2Oc2c(C)ccc(C)c2O)c2c(O)ccc(C)c2C)c1C. The summed E-state index contributed by atoms with van der Waals surface area (Å²) >= 11 is 0. The van der Waals surface area contributed by atoms with Gasteiger partial charge in [-0.2, -0.15) is 0 Å². The van der Waals surface area contributed by atoms with Gasteiger partial charge in [0.05, 0.1) is 17.1 Å². The molecule has 0 amide bonds. The van der Waals surface area contributed by atoms with E-state index in [2.05, 4.69) is 0 Å². The van der Waals surface area contributed by atoms with Gasteiger partial charge in [0.2, 0.25) is 0 Å². The molecule has 0 unspecified atom stereocenters. The van der Waals surface area contributed by atoms with Gasteiger partial charge in [-0.05, 0) is 99.2 Å². The Kier molecular flexibility index (Phi) is 6.35. The Labute approximate surface area is 206 Å². The van der Waals surface area contributed by atoms with Crippen molar-refractivity contribution >= 4 is 17.1 Å². The minimum absolute atomic E-state index is 0.0792. The molecule has 4 aromatic carbocycles. The lowest BCUT2D eigenvalue weighted by molar-refractivity contribution is 0.406. The summed E-state index contributed by atoms with van der Waals surface area (Å²) in [6, 6.07) is 18.2. The van der Waals surface area contributed by atoms with Gasteiger partial charge in [0.15, 0.2) is 17.2 Å². The fraction of sp³-hybridized carbons (Fsp3) is 0.200. The molecule has 4 aromatic rings. The van der Waals surface area contributed by atoms with Crippen LogP contribution in [0.15, 0.2) is 60.7 Å². The van der Waals surface area contributed by atoms with Gasteiger partial charge < -0.3 is 20.1 Å². The summed E-state index contributed by atoms with van der Waals surface area (Å²) in [6.07, 6.45) is 0. The van der Waals surface area contributed by atoms with Crippen LogP contribution in [-0.4, -0.2) is 15.3 Å². The van der Waals surface area contributed by atoms with Crippen molar-refractivity contribution in [2.45, 2.75) is 41.5 Å². The predicted octanol–water partition coefficient (Wildman–Crippen LogP) is 7.92. The second-order valence-corrected chi connectivity index (χ2v) is 9.03. The number of nitrogens with zero attached hydrogens (tertiary/aromatic N) is 1. The van der Waals surface area contributed by atoms with E-state index in [9.17, 15) is 15.3 Å². The van der Waals surface area contributed by atoms with E-state index < -0.39 is 0 Å². The molecule has 0 aliphatic carbocycles. The number of rotatable bonds is 5. The van der Waals surface area contributed by atoms with E-state index in [0.717, 1.165) is 27.8 Å². The lowest BCUT2D eigenvalue weighted by Crippen LogP contribution is -2.15. The van der Waals surface area contributed by atoms with Crippen molar-refractivity contribution in [1.29, 1.82) is 0 Å². The smallest absolute Gasteiger partial charge is 0.172 e. The van der Waals surface area contributed by atoms with Gasteiger partial charge in [-0.15, -0.1) is 0 Å². The molecule has 35 heavy (non-hydrogen) atoms. The van der Waals surface area contributed by atoms with Crippen molar-refractivity contribution in [2.75, 3.05) is 4.90 Å². The molecule has 0 aliphatic heterocycles. The van der Waals surface area contributed by atoms with Crippen LogP contribution in [-0.2, 0) is 0 Å².